The number of nitrogens with zero attached hydrogens (tertiary/aromatic N) is 1. The molecule has 1 aliphatic heterocycles. The number of rotatable bonds is 5. The van der Waals surface area contributed by atoms with E-state index in [0.29, 0.717) is 19.1 Å². The predicted octanol–water partition coefficient (Wildman–Crippen LogP) is 1.81. The van der Waals surface area contributed by atoms with Crippen LogP contribution in [-0.4, -0.2) is 41.9 Å². The molecule has 2 fully saturated rings. The number of carbonyl (C=O) groups excluding carboxylic acids is 2. The lowest BCUT2D eigenvalue weighted by Gasteiger charge is -2.34. The average molecular weight is 337 g/mol. The molecule has 1 heterocycles. The van der Waals surface area contributed by atoms with Gasteiger partial charge < -0.3 is 10.6 Å². The van der Waals surface area contributed by atoms with E-state index >= 15 is 0 Å². The summed E-state index contributed by atoms with van der Waals surface area (Å²) in [5.74, 6) is -0.0638. The van der Waals surface area contributed by atoms with Crippen LogP contribution in [0.3, 0.4) is 0 Å². The van der Waals surface area contributed by atoms with Crippen LogP contribution in [0.25, 0.3) is 10.8 Å². The van der Waals surface area contributed by atoms with Gasteiger partial charge >= 0.3 is 0 Å². The van der Waals surface area contributed by atoms with Crippen LogP contribution in [0.15, 0.2) is 42.5 Å². The summed E-state index contributed by atoms with van der Waals surface area (Å²) in [6.07, 6.45) is 2.35. The maximum absolute atomic E-state index is 12.3. The third-order valence-electron chi connectivity index (χ3n) is 4.96. The summed E-state index contributed by atoms with van der Waals surface area (Å²) < 4.78 is 0. The molecule has 5 nitrogen and oxygen atoms in total. The van der Waals surface area contributed by atoms with E-state index in [2.05, 4.69) is 45.9 Å². The third kappa shape index (κ3) is 3.82. The Kier molecular flexibility index (Phi) is 4.40. The summed E-state index contributed by atoms with van der Waals surface area (Å²) in [5.41, 5.74) is 1.17. The second kappa shape index (κ2) is 6.84. The molecule has 1 saturated carbocycles. The van der Waals surface area contributed by atoms with Gasteiger partial charge in [-0.2, -0.15) is 0 Å². The van der Waals surface area contributed by atoms with Gasteiger partial charge in [0.15, 0.2) is 0 Å². The minimum absolute atomic E-state index is 0.0203. The fourth-order valence-electron chi connectivity index (χ4n) is 3.43. The van der Waals surface area contributed by atoms with Gasteiger partial charge in [0.25, 0.3) is 0 Å². The van der Waals surface area contributed by atoms with E-state index < -0.39 is 0 Å². The fourth-order valence-corrected chi connectivity index (χ4v) is 3.43. The molecule has 4 rings (SSSR count). The lowest BCUT2D eigenvalue weighted by Crippen LogP contribution is -2.56. The number of hydrogen-bond acceptors (Lipinski definition) is 3. The molecule has 0 aromatic heterocycles. The molecular weight excluding hydrogens is 314 g/mol. The molecule has 1 unspecified atom stereocenters. The second-order valence-corrected chi connectivity index (χ2v) is 7.00. The molecule has 2 aromatic rings. The highest BCUT2D eigenvalue weighted by Crippen LogP contribution is 2.21. The molecule has 2 aromatic carbocycles. The lowest BCUT2D eigenvalue weighted by molar-refractivity contribution is -0.134. The van der Waals surface area contributed by atoms with Gasteiger partial charge in [-0.25, -0.2) is 0 Å². The maximum atomic E-state index is 12.3. The Hall–Kier alpha value is -2.40. The number of amides is 2. The summed E-state index contributed by atoms with van der Waals surface area (Å²) in [6, 6.07) is 14.6. The summed E-state index contributed by atoms with van der Waals surface area (Å²) >= 11 is 0. The van der Waals surface area contributed by atoms with Crippen LogP contribution < -0.4 is 10.6 Å². The van der Waals surface area contributed by atoms with Crippen LogP contribution in [0.5, 0.6) is 0 Å². The van der Waals surface area contributed by atoms with E-state index in [0.717, 1.165) is 19.4 Å². The van der Waals surface area contributed by atoms with Crippen molar-refractivity contribution < 1.29 is 9.59 Å². The van der Waals surface area contributed by atoms with Crippen LogP contribution in [-0.2, 0) is 16.1 Å². The van der Waals surface area contributed by atoms with Crippen LogP contribution in [0, 0.1) is 0 Å². The van der Waals surface area contributed by atoms with Crippen molar-refractivity contribution in [1.82, 2.24) is 15.5 Å². The first-order chi connectivity index (χ1) is 12.2. The van der Waals surface area contributed by atoms with Gasteiger partial charge in [-0.05, 0) is 35.2 Å². The Morgan fingerprint density at radius 1 is 1.16 bits per heavy atom. The van der Waals surface area contributed by atoms with Gasteiger partial charge in [-0.1, -0.05) is 36.4 Å². The highest BCUT2D eigenvalue weighted by molar-refractivity contribution is 5.89. The van der Waals surface area contributed by atoms with Crippen LogP contribution in [0.2, 0.25) is 0 Å². The van der Waals surface area contributed by atoms with Crippen molar-refractivity contribution in [3.63, 3.8) is 0 Å². The molecule has 25 heavy (non-hydrogen) atoms. The maximum Gasteiger partial charge on any atom is 0.237 e. The van der Waals surface area contributed by atoms with Gasteiger partial charge in [0, 0.05) is 25.7 Å². The molecule has 2 amide bonds. The molecular formula is C20H23N3O2. The number of fused-ring (bicyclic) bond motifs is 1. The van der Waals surface area contributed by atoms with Crippen molar-refractivity contribution in [2.45, 2.75) is 37.9 Å². The first-order valence-corrected chi connectivity index (χ1v) is 8.98. The van der Waals surface area contributed by atoms with Crippen LogP contribution in [0.1, 0.15) is 24.8 Å². The van der Waals surface area contributed by atoms with Crippen molar-refractivity contribution in [3.05, 3.63) is 48.0 Å². The number of hydrogen-bond donors (Lipinski definition) is 2. The molecule has 2 N–H and O–H groups in total. The standard InChI is InChI=1S/C20H23N3O2/c24-19(22-17-7-8-17)12-18-20(25)21-9-10-23(18)13-14-5-6-15-3-1-2-4-16(15)11-14/h1-6,11,17-18H,7-10,12-13H2,(H,21,25)(H,22,24). The second-order valence-electron chi connectivity index (χ2n) is 7.00. The van der Waals surface area contributed by atoms with Crippen molar-refractivity contribution in [1.29, 1.82) is 0 Å². The smallest absolute Gasteiger partial charge is 0.237 e. The van der Waals surface area contributed by atoms with Crippen molar-refractivity contribution >= 4 is 22.6 Å². The lowest BCUT2D eigenvalue weighted by atomic mass is 10.0. The van der Waals surface area contributed by atoms with Crippen molar-refractivity contribution in [2.75, 3.05) is 13.1 Å². The van der Waals surface area contributed by atoms with Gasteiger partial charge in [0.05, 0.1) is 12.5 Å². The quantitative estimate of drug-likeness (QED) is 0.875. The highest BCUT2D eigenvalue weighted by atomic mass is 16.2. The molecule has 0 bridgehead atoms. The largest absolute Gasteiger partial charge is 0.353 e. The van der Waals surface area contributed by atoms with E-state index in [1.165, 1.54) is 16.3 Å². The Morgan fingerprint density at radius 3 is 2.76 bits per heavy atom. The van der Waals surface area contributed by atoms with E-state index in [1.54, 1.807) is 0 Å². The molecule has 1 atom stereocenters. The van der Waals surface area contributed by atoms with Gasteiger partial charge in [0.2, 0.25) is 11.8 Å². The Balaban J connectivity index is 1.48. The molecule has 0 spiro atoms. The Bertz CT molecular complexity index is 800. The summed E-state index contributed by atoms with van der Waals surface area (Å²) in [4.78, 5) is 26.6. The van der Waals surface area contributed by atoms with E-state index in [1.807, 2.05) is 12.1 Å². The predicted molar refractivity (Wildman–Crippen MR) is 96.9 cm³/mol. The first-order valence-electron chi connectivity index (χ1n) is 8.98. The average Bonchev–Trinajstić information content (AvgIpc) is 3.42. The van der Waals surface area contributed by atoms with Crippen LogP contribution >= 0.6 is 0 Å². The van der Waals surface area contributed by atoms with Gasteiger partial charge in [-0.3, -0.25) is 14.5 Å². The molecule has 2 aliphatic rings. The Morgan fingerprint density at radius 2 is 1.96 bits per heavy atom. The topological polar surface area (TPSA) is 61.4 Å². The van der Waals surface area contributed by atoms with Crippen molar-refractivity contribution in [2.24, 2.45) is 0 Å². The SMILES string of the molecule is O=C(CC1C(=O)NCCN1Cc1ccc2ccccc2c1)NC1CC1. The number of carbonyl (C=O) groups is 2. The highest BCUT2D eigenvalue weighted by Gasteiger charge is 2.33. The monoisotopic (exact) mass is 337 g/mol. The first kappa shape index (κ1) is 16.1. The van der Waals surface area contributed by atoms with Crippen LogP contribution in [0.4, 0.5) is 0 Å². The van der Waals surface area contributed by atoms with E-state index in [9.17, 15) is 9.59 Å². The summed E-state index contributed by atoms with van der Waals surface area (Å²) in [5, 5.41) is 8.29. The fraction of sp³-hybridized carbons (Fsp3) is 0.400. The molecule has 1 saturated heterocycles. The third-order valence-corrected chi connectivity index (χ3v) is 4.96. The zero-order chi connectivity index (χ0) is 17.2. The zero-order valence-corrected chi connectivity index (χ0v) is 14.2. The number of piperazine rings is 1. The van der Waals surface area contributed by atoms with E-state index in [4.69, 9.17) is 0 Å². The summed E-state index contributed by atoms with van der Waals surface area (Å²) in [6.45, 7) is 2.08. The number of nitrogens with one attached hydrogen (secondary N) is 2. The van der Waals surface area contributed by atoms with E-state index in [-0.39, 0.29) is 24.3 Å². The van der Waals surface area contributed by atoms with Gasteiger partial charge in [-0.15, -0.1) is 0 Å². The van der Waals surface area contributed by atoms with Gasteiger partial charge in [0.1, 0.15) is 0 Å². The van der Waals surface area contributed by atoms with Crippen molar-refractivity contribution in [3.8, 4) is 0 Å². The minimum Gasteiger partial charge on any atom is -0.353 e. The molecule has 5 heteroatoms. The molecule has 1 aliphatic carbocycles. The summed E-state index contributed by atoms with van der Waals surface area (Å²) in [7, 11) is 0. The Labute approximate surface area is 147 Å². The zero-order valence-electron chi connectivity index (χ0n) is 14.2. The molecule has 0 radical (unpaired) electrons. The number of benzene rings is 2. The molecule has 130 valence electrons. The minimum atomic E-state index is -0.390. The normalized spacial score (nSPS) is 21.1.